The molecular formula is C23H26F6N6O4S. The van der Waals surface area contributed by atoms with Crippen LogP contribution >= 0.6 is 11.3 Å². The number of aromatic nitrogens is 4. The minimum absolute atomic E-state index is 0.450. The summed E-state index contributed by atoms with van der Waals surface area (Å²) in [4.78, 5) is 26.3. The number of nitrogens with zero attached hydrogens (tertiary/aromatic N) is 5. The summed E-state index contributed by atoms with van der Waals surface area (Å²) in [5, 5.41) is 23.6. The third kappa shape index (κ3) is 11.3. The average Bonchev–Trinajstić information content (AvgIpc) is 3.54. The van der Waals surface area contributed by atoms with Gasteiger partial charge in [-0.05, 0) is 25.3 Å². The molecule has 0 radical (unpaired) electrons. The van der Waals surface area contributed by atoms with E-state index in [1.807, 2.05) is 23.1 Å². The number of nitrogens with two attached hydrogens (primary N) is 1. The van der Waals surface area contributed by atoms with E-state index in [1.165, 1.54) is 23.3 Å². The highest BCUT2D eigenvalue weighted by Gasteiger charge is 2.38. The molecule has 1 aliphatic heterocycles. The normalized spacial score (nSPS) is 15.8. The third-order valence-corrected chi connectivity index (χ3v) is 6.31. The standard InChI is InChI=1S/C19H24N6S.2C2HF3O2/c20-9-17-13-25(23-22-17)12-15-5-4-8-24(11-15)14-18-10-21-19(26-18)16-6-2-1-3-7-16;2*3-2(4,5)1(6)7/h1-3,6-7,10,13,15H,4-5,8-9,11-12,14,20H2;2*(H,6,7). The summed E-state index contributed by atoms with van der Waals surface area (Å²) in [6.45, 7) is 4.59. The minimum atomic E-state index is -5.08. The number of carboxylic acids is 2. The van der Waals surface area contributed by atoms with E-state index in [-0.39, 0.29) is 0 Å². The molecule has 4 N–H and O–H groups in total. The number of thiazole rings is 1. The van der Waals surface area contributed by atoms with Crippen molar-refractivity contribution in [1.29, 1.82) is 0 Å². The Morgan fingerprint density at radius 2 is 1.65 bits per heavy atom. The summed E-state index contributed by atoms with van der Waals surface area (Å²) in [5.41, 5.74) is 7.67. The number of rotatable bonds is 6. The van der Waals surface area contributed by atoms with Crippen LogP contribution in [0.5, 0.6) is 0 Å². The molecule has 0 saturated carbocycles. The van der Waals surface area contributed by atoms with Gasteiger partial charge in [0.15, 0.2) is 0 Å². The highest BCUT2D eigenvalue weighted by atomic mass is 32.1. The van der Waals surface area contributed by atoms with Gasteiger partial charge in [-0.3, -0.25) is 9.58 Å². The monoisotopic (exact) mass is 596 g/mol. The molecule has 0 aliphatic carbocycles. The number of hydrogen-bond donors (Lipinski definition) is 3. The topological polar surface area (TPSA) is 147 Å². The number of carboxylic acid groups (broad SMARTS) is 2. The maximum absolute atomic E-state index is 10.6. The van der Waals surface area contributed by atoms with Crippen LogP contribution in [0.1, 0.15) is 23.4 Å². The fraction of sp³-hybridized carbons (Fsp3) is 0.435. The second-order valence-electron chi connectivity index (χ2n) is 8.48. The zero-order valence-electron chi connectivity index (χ0n) is 20.8. The van der Waals surface area contributed by atoms with Gasteiger partial charge < -0.3 is 15.9 Å². The van der Waals surface area contributed by atoms with Gasteiger partial charge in [0.05, 0.1) is 5.69 Å². The van der Waals surface area contributed by atoms with Crippen molar-refractivity contribution in [3.8, 4) is 10.6 Å². The smallest absolute Gasteiger partial charge is 0.475 e. The van der Waals surface area contributed by atoms with Gasteiger partial charge in [-0.15, -0.1) is 16.4 Å². The lowest BCUT2D eigenvalue weighted by Crippen LogP contribution is -2.36. The number of hydrogen-bond acceptors (Lipinski definition) is 8. The van der Waals surface area contributed by atoms with Crippen molar-refractivity contribution in [1.82, 2.24) is 24.9 Å². The number of halogens is 6. The lowest BCUT2D eigenvalue weighted by molar-refractivity contribution is -0.193. The lowest BCUT2D eigenvalue weighted by atomic mass is 9.98. The van der Waals surface area contributed by atoms with Crippen LogP contribution in [0.25, 0.3) is 10.6 Å². The molecule has 1 unspecified atom stereocenters. The highest BCUT2D eigenvalue weighted by molar-refractivity contribution is 7.15. The quantitative estimate of drug-likeness (QED) is 0.359. The number of likely N-dealkylation sites (tertiary alicyclic amines) is 1. The number of carbonyl (C=O) groups is 2. The molecule has 1 aromatic carbocycles. The summed E-state index contributed by atoms with van der Waals surface area (Å²) in [6, 6.07) is 10.4. The van der Waals surface area contributed by atoms with Crippen molar-refractivity contribution in [2.75, 3.05) is 13.1 Å². The van der Waals surface area contributed by atoms with E-state index in [2.05, 4.69) is 44.5 Å². The van der Waals surface area contributed by atoms with Gasteiger partial charge in [0.25, 0.3) is 0 Å². The first-order valence-corrected chi connectivity index (χ1v) is 12.4. The molecule has 1 fully saturated rings. The SMILES string of the molecule is NCc1cn(CC2CCCN(Cc3cnc(-c4ccccc4)s3)C2)nn1.O=C(O)C(F)(F)F.O=C(O)C(F)(F)F. The van der Waals surface area contributed by atoms with Gasteiger partial charge in [0.1, 0.15) is 5.01 Å². The molecule has 4 rings (SSSR count). The van der Waals surface area contributed by atoms with Crippen molar-refractivity contribution in [2.24, 2.45) is 11.7 Å². The fourth-order valence-corrected chi connectivity index (χ4v) is 4.51. The third-order valence-electron chi connectivity index (χ3n) is 5.28. The minimum Gasteiger partial charge on any atom is -0.475 e. The molecule has 40 heavy (non-hydrogen) atoms. The Bertz CT molecular complexity index is 1190. The van der Waals surface area contributed by atoms with Crippen molar-refractivity contribution in [3.63, 3.8) is 0 Å². The average molecular weight is 597 g/mol. The van der Waals surface area contributed by atoms with Crippen LogP contribution in [-0.2, 0) is 29.2 Å². The second kappa shape index (κ2) is 14.7. The van der Waals surface area contributed by atoms with Crippen molar-refractivity contribution < 1.29 is 46.1 Å². The summed E-state index contributed by atoms with van der Waals surface area (Å²) >= 11 is 1.80. The van der Waals surface area contributed by atoms with Crippen LogP contribution in [-0.4, -0.2) is 72.5 Å². The van der Waals surface area contributed by atoms with Gasteiger partial charge in [0, 0.05) is 49.0 Å². The Morgan fingerprint density at radius 1 is 1.05 bits per heavy atom. The Kier molecular flexibility index (Phi) is 12.0. The number of alkyl halides is 6. The highest BCUT2D eigenvalue weighted by Crippen LogP contribution is 2.27. The summed E-state index contributed by atoms with van der Waals surface area (Å²) in [6.07, 6.45) is -3.70. The van der Waals surface area contributed by atoms with Crippen molar-refractivity contribution in [2.45, 2.75) is 44.8 Å². The number of piperidine rings is 1. The molecule has 0 amide bonds. The van der Waals surface area contributed by atoms with E-state index in [0.717, 1.165) is 36.9 Å². The second-order valence-corrected chi connectivity index (χ2v) is 9.60. The molecule has 17 heteroatoms. The van der Waals surface area contributed by atoms with Crippen LogP contribution in [0, 0.1) is 5.92 Å². The van der Waals surface area contributed by atoms with Crippen LogP contribution in [0.3, 0.4) is 0 Å². The molecule has 1 atom stereocenters. The predicted octanol–water partition coefficient (Wildman–Crippen LogP) is 4.04. The van der Waals surface area contributed by atoms with Gasteiger partial charge in [-0.2, -0.15) is 26.3 Å². The maximum atomic E-state index is 10.6. The molecule has 3 aromatic rings. The molecule has 2 aromatic heterocycles. The zero-order valence-corrected chi connectivity index (χ0v) is 21.6. The van der Waals surface area contributed by atoms with E-state index < -0.39 is 24.3 Å². The first-order chi connectivity index (χ1) is 18.7. The van der Waals surface area contributed by atoms with E-state index in [1.54, 1.807) is 11.3 Å². The lowest BCUT2D eigenvalue weighted by Gasteiger charge is -2.32. The Balaban J connectivity index is 0.000000333. The Labute approximate surface area is 228 Å². The van der Waals surface area contributed by atoms with Gasteiger partial charge >= 0.3 is 24.3 Å². The number of aliphatic carboxylic acids is 2. The predicted molar refractivity (Wildman–Crippen MR) is 131 cm³/mol. The van der Waals surface area contributed by atoms with Crippen LogP contribution in [0.4, 0.5) is 26.3 Å². The molecule has 1 aliphatic rings. The van der Waals surface area contributed by atoms with Crippen molar-refractivity contribution >= 4 is 23.3 Å². The first kappa shape index (κ1) is 32.6. The molecule has 220 valence electrons. The van der Waals surface area contributed by atoms with E-state index in [0.29, 0.717) is 12.5 Å². The van der Waals surface area contributed by atoms with E-state index >= 15 is 0 Å². The summed E-state index contributed by atoms with van der Waals surface area (Å²) in [5.74, 6) is -4.91. The number of benzene rings is 1. The Hall–Kier alpha value is -3.57. The largest absolute Gasteiger partial charge is 0.490 e. The van der Waals surface area contributed by atoms with Gasteiger partial charge in [-0.25, -0.2) is 14.6 Å². The Morgan fingerprint density at radius 3 is 2.17 bits per heavy atom. The van der Waals surface area contributed by atoms with Gasteiger partial charge in [0.2, 0.25) is 0 Å². The molecular weight excluding hydrogens is 570 g/mol. The van der Waals surface area contributed by atoms with Crippen LogP contribution in [0.15, 0.2) is 42.7 Å². The summed E-state index contributed by atoms with van der Waals surface area (Å²) in [7, 11) is 0. The maximum Gasteiger partial charge on any atom is 0.490 e. The van der Waals surface area contributed by atoms with E-state index in [9.17, 15) is 26.3 Å². The van der Waals surface area contributed by atoms with Gasteiger partial charge in [-0.1, -0.05) is 35.5 Å². The van der Waals surface area contributed by atoms with Crippen molar-refractivity contribution in [3.05, 3.63) is 53.3 Å². The van der Waals surface area contributed by atoms with Crippen LogP contribution in [0.2, 0.25) is 0 Å². The summed E-state index contributed by atoms with van der Waals surface area (Å²) < 4.78 is 65.4. The molecule has 0 spiro atoms. The fourth-order valence-electron chi connectivity index (χ4n) is 3.54. The first-order valence-electron chi connectivity index (χ1n) is 11.6. The molecule has 0 bridgehead atoms. The van der Waals surface area contributed by atoms with Crippen LogP contribution < -0.4 is 5.73 Å². The molecule has 10 nitrogen and oxygen atoms in total. The van der Waals surface area contributed by atoms with E-state index in [4.69, 9.17) is 25.5 Å². The zero-order chi connectivity index (χ0) is 29.9. The molecule has 3 heterocycles. The molecule has 1 saturated heterocycles.